The molecule has 0 aromatic heterocycles. The Morgan fingerprint density at radius 2 is 1.16 bits per heavy atom. The Hall–Kier alpha value is -2.85. The number of carbonyl (C=O) groups excluding carboxylic acids is 2. The fourth-order valence-corrected chi connectivity index (χ4v) is 7.71. The fourth-order valence-electron chi connectivity index (χ4n) is 4.68. The van der Waals surface area contributed by atoms with Crippen LogP contribution >= 0.6 is 46.1 Å². The third kappa shape index (κ3) is 12.8. The predicted molar refractivity (Wildman–Crippen MR) is 197 cm³/mol. The first-order valence-electron chi connectivity index (χ1n) is 15.6. The molecule has 0 radical (unpaired) electrons. The van der Waals surface area contributed by atoms with E-state index in [0.717, 1.165) is 52.1 Å². The van der Waals surface area contributed by atoms with Gasteiger partial charge in [0.15, 0.2) is 0 Å². The molecular weight excluding hydrogens is 799 g/mol. The maximum atomic E-state index is 12.5. The normalized spacial score (nSPS) is 12.3. The molecule has 0 unspecified atom stereocenters. The number of rotatable bonds is 14. The molecule has 0 fully saturated rings. The summed E-state index contributed by atoms with van der Waals surface area (Å²) in [4.78, 5) is 23.6. The smallest absolute Gasteiger partial charge is 0.348 e. The molecule has 0 saturated carbocycles. The van der Waals surface area contributed by atoms with Crippen LogP contribution in [0.1, 0.15) is 49.3 Å². The number of para-hydroxylation sites is 2. The Bertz CT molecular complexity index is 1490. The zero-order valence-electron chi connectivity index (χ0n) is 26.8. The Balaban J connectivity index is 0.000000509. The first-order valence-corrected chi connectivity index (χ1v) is 19.1. The number of benzene rings is 3. The highest BCUT2D eigenvalue weighted by Gasteiger charge is 2.38. The number of alkyl halides is 7. The summed E-state index contributed by atoms with van der Waals surface area (Å²) < 4.78 is 73.8. The molecule has 1 heterocycles. The molecule has 0 aliphatic carbocycles. The lowest BCUT2D eigenvalue weighted by atomic mass is 9.91. The number of hydrogen-bond acceptors (Lipinski definition) is 5. The second-order valence-electron chi connectivity index (χ2n) is 10.7. The van der Waals surface area contributed by atoms with Gasteiger partial charge in [0.1, 0.15) is 0 Å². The Morgan fingerprint density at radius 3 is 1.65 bits per heavy atom. The molecule has 1 aliphatic heterocycles. The molecule has 3 aromatic rings. The molecule has 0 atom stereocenters. The topological polar surface area (TPSA) is 61.4 Å². The molecule has 0 saturated heterocycles. The van der Waals surface area contributed by atoms with E-state index in [1.54, 1.807) is 17.1 Å². The SMILES string of the molecule is CCCCSC(SCCCNC(=O)C(F)(F)F)=C1c2ccccc2N(Cc2ccccc2)c2ccccc21.O=C(NCCCI)C(F)(F)F. The van der Waals surface area contributed by atoms with Gasteiger partial charge in [-0.15, -0.1) is 23.5 Å². The number of fused-ring (bicyclic) bond motifs is 2. The van der Waals surface area contributed by atoms with Gasteiger partial charge in [-0.05, 0) is 42.7 Å². The quantitative estimate of drug-likeness (QED) is 0.0734. The molecule has 5 nitrogen and oxygen atoms in total. The van der Waals surface area contributed by atoms with Crippen LogP contribution in [0.4, 0.5) is 37.7 Å². The van der Waals surface area contributed by atoms with Crippen LogP contribution in [0.5, 0.6) is 0 Å². The second-order valence-corrected chi connectivity index (χ2v) is 14.3. The summed E-state index contributed by atoms with van der Waals surface area (Å²) in [7, 11) is 0. The third-order valence-electron chi connectivity index (χ3n) is 7.00. The van der Waals surface area contributed by atoms with Gasteiger partial charge in [0.2, 0.25) is 0 Å². The molecule has 49 heavy (non-hydrogen) atoms. The van der Waals surface area contributed by atoms with Gasteiger partial charge in [-0.2, -0.15) is 26.3 Å². The van der Waals surface area contributed by atoms with Crippen molar-refractivity contribution in [1.29, 1.82) is 0 Å². The molecule has 2 N–H and O–H groups in total. The van der Waals surface area contributed by atoms with Crippen molar-refractivity contribution in [1.82, 2.24) is 10.6 Å². The highest BCUT2D eigenvalue weighted by Crippen LogP contribution is 2.50. The lowest BCUT2D eigenvalue weighted by Gasteiger charge is -2.35. The number of halogens is 7. The highest BCUT2D eigenvalue weighted by atomic mass is 127. The molecule has 3 aromatic carbocycles. The summed E-state index contributed by atoms with van der Waals surface area (Å²) in [6.45, 7) is 2.98. The fraction of sp³-hybridized carbons (Fsp3) is 0.371. The summed E-state index contributed by atoms with van der Waals surface area (Å²) in [5.74, 6) is -2.17. The van der Waals surface area contributed by atoms with Gasteiger partial charge in [0.05, 0.1) is 0 Å². The Morgan fingerprint density at radius 1 is 0.694 bits per heavy atom. The molecule has 1 aliphatic rings. The van der Waals surface area contributed by atoms with E-state index in [2.05, 4.69) is 84.6 Å². The van der Waals surface area contributed by atoms with E-state index in [1.165, 1.54) is 15.4 Å². The minimum absolute atomic E-state index is 0.00832. The lowest BCUT2D eigenvalue weighted by molar-refractivity contribution is -0.173. The minimum atomic E-state index is -4.85. The van der Waals surface area contributed by atoms with Crippen LogP contribution in [0.2, 0.25) is 0 Å². The zero-order valence-corrected chi connectivity index (χ0v) is 30.6. The molecule has 2 amide bonds. The van der Waals surface area contributed by atoms with Gasteiger partial charge < -0.3 is 15.5 Å². The van der Waals surface area contributed by atoms with E-state index >= 15 is 0 Å². The summed E-state index contributed by atoms with van der Waals surface area (Å²) in [6, 6.07) is 27.2. The minimum Gasteiger partial charge on any atom is -0.348 e. The Kier molecular flexibility index (Phi) is 16.7. The van der Waals surface area contributed by atoms with E-state index in [-0.39, 0.29) is 13.1 Å². The van der Waals surface area contributed by atoms with Crippen molar-refractivity contribution in [3.63, 3.8) is 0 Å². The van der Waals surface area contributed by atoms with E-state index in [0.29, 0.717) is 18.6 Å². The van der Waals surface area contributed by atoms with Crippen molar-refractivity contribution in [3.8, 4) is 0 Å². The van der Waals surface area contributed by atoms with Crippen molar-refractivity contribution in [2.75, 3.05) is 33.9 Å². The molecule has 4 rings (SSSR count). The molecule has 14 heteroatoms. The zero-order chi connectivity index (χ0) is 35.9. The number of nitrogens with one attached hydrogen (secondary N) is 2. The predicted octanol–water partition coefficient (Wildman–Crippen LogP) is 9.88. The molecule has 0 spiro atoms. The first kappa shape index (κ1) is 40.6. The van der Waals surface area contributed by atoms with Crippen LogP contribution in [-0.4, -0.2) is 53.2 Å². The summed E-state index contributed by atoms with van der Waals surface area (Å²) >= 11 is 5.49. The van der Waals surface area contributed by atoms with Crippen LogP contribution in [0.15, 0.2) is 83.1 Å². The summed E-state index contributed by atoms with van der Waals surface area (Å²) in [6.07, 6.45) is -6.43. The number of hydrogen-bond donors (Lipinski definition) is 2. The maximum Gasteiger partial charge on any atom is 0.471 e. The average Bonchev–Trinajstić information content (AvgIpc) is 3.07. The van der Waals surface area contributed by atoms with Crippen molar-refractivity contribution >= 4 is 74.9 Å². The number of carbonyl (C=O) groups is 2. The summed E-state index contributed by atoms with van der Waals surface area (Å²) in [5, 5.41) is 3.74. The van der Waals surface area contributed by atoms with Crippen LogP contribution < -0.4 is 15.5 Å². The number of nitrogens with zero attached hydrogens (tertiary/aromatic N) is 1. The van der Waals surface area contributed by atoms with E-state index < -0.39 is 24.2 Å². The number of anilines is 2. The van der Waals surface area contributed by atoms with Crippen LogP contribution in [0, 0.1) is 0 Å². The van der Waals surface area contributed by atoms with Crippen LogP contribution in [0.3, 0.4) is 0 Å². The van der Waals surface area contributed by atoms with Crippen molar-refractivity contribution in [2.45, 2.75) is 51.5 Å². The van der Waals surface area contributed by atoms with Crippen LogP contribution in [-0.2, 0) is 16.1 Å². The maximum absolute atomic E-state index is 12.5. The average molecular weight is 838 g/mol. The van der Waals surface area contributed by atoms with Gasteiger partial charge in [-0.1, -0.05) is 103 Å². The largest absolute Gasteiger partial charge is 0.471 e. The highest BCUT2D eigenvalue weighted by molar-refractivity contribution is 14.1. The van der Waals surface area contributed by atoms with Crippen molar-refractivity contribution < 1.29 is 35.9 Å². The Labute approximate surface area is 305 Å². The number of thioether (sulfide) groups is 2. The summed E-state index contributed by atoms with van der Waals surface area (Å²) in [5.41, 5.74) is 6.97. The first-order chi connectivity index (χ1) is 23.4. The van der Waals surface area contributed by atoms with Gasteiger partial charge >= 0.3 is 24.2 Å². The molecule has 266 valence electrons. The standard InChI is InChI=1S/C30H31F3N2OS2.C5H7F3INO/c1-2-3-19-37-28(38-20-11-18-34-29(36)30(31,32)33)27-23-14-7-9-16-25(23)35(21-22-12-5-4-6-13-22)26-17-10-8-15-24(26)27;6-5(7,8)4(11)10-3-1-2-9/h4-10,12-17H,2-3,11,18-21H2,1H3,(H,34,36);1-3H2,(H,10,11). The van der Waals surface area contributed by atoms with E-state index in [4.69, 9.17) is 0 Å². The third-order valence-corrected chi connectivity index (χ3v) is 10.4. The number of amides is 2. The lowest BCUT2D eigenvalue weighted by Crippen LogP contribution is -2.37. The van der Waals surface area contributed by atoms with Gasteiger partial charge in [-0.25, -0.2) is 0 Å². The van der Waals surface area contributed by atoms with Gasteiger partial charge in [-0.3, -0.25) is 9.59 Å². The second kappa shape index (κ2) is 20.1. The number of unbranched alkanes of at least 4 members (excludes halogenated alkanes) is 1. The van der Waals surface area contributed by atoms with Gasteiger partial charge in [0.25, 0.3) is 0 Å². The monoisotopic (exact) mass is 837 g/mol. The van der Waals surface area contributed by atoms with Gasteiger partial charge in [0, 0.05) is 62.1 Å². The van der Waals surface area contributed by atoms with Crippen LogP contribution in [0.25, 0.3) is 5.57 Å². The van der Waals surface area contributed by atoms with Crippen molar-refractivity contribution in [3.05, 3.63) is 99.8 Å². The van der Waals surface area contributed by atoms with E-state index in [1.807, 2.05) is 45.7 Å². The molecular formula is C35H38F6IN3O2S2. The van der Waals surface area contributed by atoms with E-state index in [9.17, 15) is 35.9 Å². The van der Waals surface area contributed by atoms with Crippen molar-refractivity contribution in [2.24, 2.45) is 0 Å². The molecule has 0 bridgehead atoms.